The molecule has 9 rings (SSSR count). The number of benzene rings is 7. The molecule has 318 valence electrons. The lowest BCUT2D eigenvalue weighted by Gasteiger charge is -2.35. The van der Waals surface area contributed by atoms with Gasteiger partial charge >= 0.3 is 7.12 Å². The summed E-state index contributed by atoms with van der Waals surface area (Å²) < 4.78 is 35.0. The molecular weight excluding hydrogens is 805 g/mol. The second-order valence-electron chi connectivity index (χ2n) is 16.4. The van der Waals surface area contributed by atoms with Gasteiger partial charge in [0.15, 0.2) is 0 Å². The summed E-state index contributed by atoms with van der Waals surface area (Å²) in [7, 11) is 6.28. The monoisotopic (exact) mass is 855 g/mol. The molecule has 11 heteroatoms. The van der Waals surface area contributed by atoms with E-state index in [9.17, 15) is 0 Å². The molecule has 0 unspecified atom stereocenters. The minimum absolute atomic E-state index is 0.440. The zero-order chi connectivity index (χ0) is 43.9. The van der Waals surface area contributed by atoms with Crippen molar-refractivity contribution < 1.29 is 28.3 Å². The molecule has 0 aliphatic carbocycles. The maximum absolute atomic E-state index is 6.44. The van der Waals surface area contributed by atoms with E-state index < -0.39 is 18.3 Å². The molecule has 7 aromatic rings. The van der Waals surface area contributed by atoms with E-state index in [0.29, 0.717) is 0 Å². The van der Waals surface area contributed by atoms with Crippen LogP contribution in [0.3, 0.4) is 0 Å². The fourth-order valence-corrected chi connectivity index (χ4v) is 9.05. The SMILES string of the molecule is COc1ccc(N(c2ccc(OC)cc2)c2ccc3c(c2)Sc2cc(N(c4ccc(OC)cc4)c4ccc(OC)cc4)ccc2N3c2ccc(B3OC(C)(C)C(C)(C)O3)cc2)cc1. The molecule has 7 aromatic carbocycles. The summed E-state index contributed by atoms with van der Waals surface area (Å²) in [5, 5.41) is 0. The van der Waals surface area contributed by atoms with Gasteiger partial charge in [-0.05, 0) is 179 Å². The summed E-state index contributed by atoms with van der Waals surface area (Å²) in [6.07, 6.45) is 0. The van der Waals surface area contributed by atoms with Gasteiger partial charge in [0.05, 0.1) is 51.0 Å². The summed E-state index contributed by atoms with van der Waals surface area (Å²) in [4.78, 5) is 9.05. The molecule has 0 N–H and O–H groups in total. The van der Waals surface area contributed by atoms with Gasteiger partial charge in [-0.25, -0.2) is 0 Å². The number of methoxy groups -OCH3 is 4. The molecule has 0 atom stereocenters. The number of nitrogens with zero attached hydrogens (tertiary/aromatic N) is 3. The number of hydrogen-bond donors (Lipinski definition) is 0. The Hall–Kier alpha value is -6.53. The van der Waals surface area contributed by atoms with Crippen molar-refractivity contribution in [1.29, 1.82) is 0 Å². The van der Waals surface area contributed by atoms with E-state index in [1.165, 1.54) is 0 Å². The first-order valence-corrected chi connectivity index (χ1v) is 21.7. The molecule has 9 nitrogen and oxygen atoms in total. The second-order valence-corrected chi connectivity index (χ2v) is 17.5. The molecular formula is C52H50BN3O6S. The second kappa shape index (κ2) is 17.0. The van der Waals surface area contributed by atoms with Crippen LogP contribution in [0.1, 0.15) is 27.7 Å². The average Bonchev–Trinajstić information content (AvgIpc) is 3.54. The quantitative estimate of drug-likeness (QED) is 0.111. The zero-order valence-corrected chi connectivity index (χ0v) is 37.6. The minimum Gasteiger partial charge on any atom is -0.497 e. The third-order valence-corrected chi connectivity index (χ3v) is 13.2. The predicted molar refractivity (Wildman–Crippen MR) is 257 cm³/mol. The Kier molecular flexibility index (Phi) is 11.3. The molecule has 0 radical (unpaired) electrons. The number of fused-ring (bicyclic) bond motifs is 2. The Bertz CT molecular complexity index is 2450. The molecule has 0 bridgehead atoms. The molecule has 0 saturated carbocycles. The van der Waals surface area contributed by atoms with Crippen LogP contribution in [0.5, 0.6) is 23.0 Å². The lowest BCUT2D eigenvalue weighted by molar-refractivity contribution is 0.00578. The van der Waals surface area contributed by atoms with Gasteiger partial charge in [-0.15, -0.1) is 0 Å². The van der Waals surface area contributed by atoms with E-state index in [4.69, 9.17) is 28.3 Å². The Morgan fingerprint density at radius 1 is 0.429 bits per heavy atom. The van der Waals surface area contributed by atoms with Gasteiger partial charge < -0.3 is 43.0 Å². The Balaban J connectivity index is 1.17. The van der Waals surface area contributed by atoms with E-state index in [-0.39, 0.29) is 0 Å². The standard InChI is InChI=1S/C52H50BN3O6S/c1-51(2)52(3,4)62-53(61-51)35-9-11-40(12-10-35)56-47-31-21-41(54(36-13-23-43(57-5)24-14-36)37-15-25-44(58-6)26-16-37)33-49(47)63-50-34-42(22-32-48(50)56)55(38-17-27-45(59-7)28-18-38)39-19-29-46(60-8)30-20-39/h9-34H,1-8H3. The largest absolute Gasteiger partial charge is 0.497 e. The van der Waals surface area contributed by atoms with Crippen molar-refractivity contribution in [3.8, 4) is 23.0 Å². The first-order chi connectivity index (χ1) is 30.5. The Morgan fingerprint density at radius 3 is 1.06 bits per heavy atom. The predicted octanol–water partition coefficient (Wildman–Crippen LogP) is 12.9. The first-order valence-electron chi connectivity index (χ1n) is 20.9. The highest BCUT2D eigenvalue weighted by Gasteiger charge is 2.51. The Morgan fingerprint density at radius 2 is 0.746 bits per heavy atom. The molecule has 1 saturated heterocycles. The van der Waals surface area contributed by atoms with Crippen molar-refractivity contribution in [3.63, 3.8) is 0 Å². The first kappa shape index (κ1) is 41.8. The van der Waals surface area contributed by atoms with Crippen molar-refractivity contribution in [1.82, 2.24) is 0 Å². The van der Waals surface area contributed by atoms with Crippen LogP contribution in [0.4, 0.5) is 51.2 Å². The maximum atomic E-state index is 6.44. The average molecular weight is 856 g/mol. The normalized spacial score (nSPS) is 14.7. The van der Waals surface area contributed by atoms with Gasteiger partial charge in [-0.2, -0.15) is 0 Å². The van der Waals surface area contributed by atoms with Crippen molar-refractivity contribution in [2.45, 2.75) is 48.7 Å². The zero-order valence-electron chi connectivity index (χ0n) is 36.8. The third-order valence-electron chi connectivity index (χ3n) is 12.1. The molecule has 0 aromatic heterocycles. The van der Waals surface area contributed by atoms with Gasteiger partial charge in [0, 0.05) is 49.6 Å². The molecule has 2 aliphatic heterocycles. The number of ether oxygens (including phenoxy) is 4. The van der Waals surface area contributed by atoms with Crippen molar-refractivity contribution >= 4 is 75.5 Å². The van der Waals surface area contributed by atoms with E-state index in [2.05, 4.69) is 152 Å². The van der Waals surface area contributed by atoms with Crippen LogP contribution in [-0.2, 0) is 9.31 Å². The summed E-state index contributed by atoms with van der Waals surface area (Å²) in [6, 6.07) is 54.5. The molecule has 0 amide bonds. The highest BCUT2D eigenvalue weighted by Crippen LogP contribution is 2.54. The molecule has 1 fully saturated rings. The van der Waals surface area contributed by atoms with E-state index in [1.54, 1.807) is 40.2 Å². The van der Waals surface area contributed by atoms with Crippen LogP contribution in [0.25, 0.3) is 0 Å². The van der Waals surface area contributed by atoms with Crippen molar-refractivity contribution in [2.75, 3.05) is 43.1 Å². The van der Waals surface area contributed by atoms with Crippen LogP contribution >= 0.6 is 11.8 Å². The van der Waals surface area contributed by atoms with Crippen LogP contribution in [-0.4, -0.2) is 46.8 Å². The molecule has 2 heterocycles. The smallest absolute Gasteiger partial charge is 0.494 e. The van der Waals surface area contributed by atoms with Crippen molar-refractivity contribution in [2.24, 2.45) is 0 Å². The summed E-state index contributed by atoms with van der Waals surface area (Å²) in [5.41, 5.74) is 9.23. The minimum atomic E-state index is -0.463. The van der Waals surface area contributed by atoms with Gasteiger partial charge in [-0.1, -0.05) is 23.9 Å². The van der Waals surface area contributed by atoms with Crippen LogP contribution < -0.4 is 39.1 Å². The summed E-state index contributed by atoms with van der Waals surface area (Å²) in [5.74, 6) is 3.17. The van der Waals surface area contributed by atoms with Gasteiger partial charge in [-0.3, -0.25) is 0 Å². The van der Waals surface area contributed by atoms with E-state index in [0.717, 1.165) is 89.4 Å². The fraction of sp³-hybridized carbons (Fsp3) is 0.192. The lowest BCUT2D eigenvalue weighted by atomic mass is 9.79. The number of anilines is 9. The fourth-order valence-electron chi connectivity index (χ4n) is 7.92. The molecule has 2 aliphatic rings. The van der Waals surface area contributed by atoms with Crippen LogP contribution in [0, 0.1) is 0 Å². The van der Waals surface area contributed by atoms with Crippen LogP contribution in [0.2, 0.25) is 0 Å². The van der Waals surface area contributed by atoms with Gasteiger partial charge in [0.2, 0.25) is 0 Å². The summed E-state index contributed by atoms with van der Waals surface area (Å²) in [6.45, 7) is 8.33. The summed E-state index contributed by atoms with van der Waals surface area (Å²) >= 11 is 1.76. The Labute approximate surface area is 374 Å². The highest BCUT2D eigenvalue weighted by atomic mass is 32.2. The highest BCUT2D eigenvalue weighted by molar-refractivity contribution is 7.99. The maximum Gasteiger partial charge on any atom is 0.494 e. The molecule has 63 heavy (non-hydrogen) atoms. The van der Waals surface area contributed by atoms with Gasteiger partial charge in [0.25, 0.3) is 0 Å². The molecule has 0 spiro atoms. The van der Waals surface area contributed by atoms with Crippen molar-refractivity contribution in [3.05, 3.63) is 158 Å². The van der Waals surface area contributed by atoms with Crippen LogP contribution in [0.15, 0.2) is 168 Å². The topological polar surface area (TPSA) is 65.1 Å². The van der Waals surface area contributed by atoms with E-state index in [1.807, 2.05) is 48.5 Å². The lowest BCUT2D eigenvalue weighted by Crippen LogP contribution is -2.41. The van der Waals surface area contributed by atoms with Gasteiger partial charge in [0.1, 0.15) is 23.0 Å². The third kappa shape index (κ3) is 8.04. The van der Waals surface area contributed by atoms with E-state index >= 15 is 0 Å². The number of hydrogen-bond acceptors (Lipinski definition) is 10. The number of rotatable bonds is 12.